The fourth-order valence-electron chi connectivity index (χ4n) is 2.02. The number of alkyl halides is 1. The van der Waals surface area contributed by atoms with E-state index in [2.05, 4.69) is 11.9 Å². The molecule has 2 atom stereocenters. The van der Waals surface area contributed by atoms with Gasteiger partial charge in [0.2, 0.25) is 0 Å². The van der Waals surface area contributed by atoms with Gasteiger partial charge in [0.05, 0.1) is 10.6 Å². The molecule has 2 rings (SSSR count). The van der Waals surface area contributed by atoms with E-state index in [0.29, 0.717) is 29.6 Å². The average Bonchev–Trinajstić information content (AvgIpc) is 2.32. The number of aromatic nitrogens is 1. The molecule has 0 saturated carbocycles. The monoisotopic (exact) mass is 272 g/mol. The van der Waals surface area contributed by atoms with Crippen molar-refractivity contribution in [2.45, 2.75) is 18.7 Å². The van der Waals surface area contributed by atoms with Gasteiger partial charge in [-0.25, -0.2) is 0 Å². The van der Waals surface area contributed by atoms with Gasteiger partial charge in [-0.2, -0.15) is 0 Å². The second-order valence-corrected chi connectivity index (χ2v) is 5.36. The van der Waals surface area contributed by atoms with Crippen LogP contribution in [0.25, 0.3) is 0 Å². The van der Waals surface area contributed by atoms with Crippen molar-refractivity contribution in [2.75, 3.05) is 13.1 Å². The van der Waals surface area contributed by atoms with E-state index in [1.54, 1.807) is 12.3 Å². The summed E-state index contributed by atoms with van der Waals surface area (Å²) in [6.45, 7) is 3.44. The molecule has 5 heteroatoms. The molecule has 1 aliphatic heterocycles. The van der Waals surface area contributed by atoms with Crippen molar-refractivity contribution in [3.8, 4) is 0 Å². The number of halogens is 2. The van der Waals surface area contributed by atoms with Crippen LogP contribution in [0.5, 0.6) is 0 Å². The van der Waals surface area contributed by atoms with Crippen LogP contribution in [0.1, 0.15) is 23.7 Å². The van der Waals surface area contributed by atoms with Crippen LogP contribution in [0.3, 0.4) is 0 Å². The summed E-state index contributed by atoms with van der Waals surface area (Å²) in [5.74, 6) is 0.280. The first-order valence-corrected chi connectivity index (χ1v) is 6.44. The zero-order valence-electron chi connectivity index (χ0n) is 9.57. The summed E-state index contributed by atoms with van der Waals surface area (Å²) in [4.78, 5) is 17.9. The quantitative estimate of drug-likeness (QED) is 0.737. The third-order valence-electron chi connectivity index (χ3n) is 3.09. The molecule has 1 aromatic rings. The van der Waals surface area contributed by atoms with E-state index in [0.717, 1.165) is 6.42 Å². The lowest BCUT2D eigenvalue weighted by atomic mass is 9.99. The Morgan fingerprint density at radius 1 is 1.59 bits per heavy atom. The minimum atomic E-state index is -0.0344. The highest BCUT2D eigenvalue weighted by atomic mass is 35.5. The summed E-state index contributed by atoms with van der Waals surface area (Å²) in [7, 11) is 0. The highest BCUT2D eigenvalue weighted by Crippen LogP contribution is 2.24. The van der Waals surface area contributed by atoms with Crippen LogP contribution in [-0.4, -0.2) is 34.3 Å². The molecule has 92 valence electrons. The number of piperidine rings is 1. The summed E-state index contributed by atoms with van der Waals surface area (Å²) < 4.78 is 0. The fraction of sp³-hybridized carbons (Fsp3) is 0.500. The molecule has 17 heavy (non-hydrogen) atoms. The molecule has 0 N–H and O–H groups in total. The van der Waals surface area contributed by atoms with Crippen molar-refractivity contribution in [1.29, 1.82) is 0 Å². The van der Waals surface area contributed by atoms with Crippen LogP contribution in [0, 0.1) is 5.92 Å². The lowest BCUT2D eigenvalue weighted by Gasteiger charge is -2.34. The molecule has 1 saturated heterocycles. The van der Waals surface area contributed by atoms with Gasteiger partial charge in [-0.1, -0.05) is 18.5 Å². The van der Waals surface area contributed by atoms with Crippen molar-refractivity contribution in [2.24, 2.45) is 5.92 Å². The highest BCUT2D eigenvalue weighted by Gasteiger charge is 2.28. The number of hydrogen-bond acceptors (Lipinski definition) is 2. The van der Waals surface area contributed by atoms with Gasteiger partial charge in [0.25, 0.3) is 5.91 Å². The van der Waals surface area contributed by atoms with E-state index < -0.39 is 0 Å². The second-order valence-electron chi connectivity index (χ2n) is 4.39. The predicted molar refractivity (Wildman–Crippen MR) is 68.6 cm³/mol. The van der Waals surface area contributed by atoms with E-state index in [-0.39, 0.29) is 11.3 Å². The summed E-state index contributed by atoms with van der Waals surface area (Å²) in [6.07, 6.45) is 3.90. The molecule has 0 aromatic carbocycles. The highest BCUT2D eigenvalue weighted by molar-refractivity contribution is 6.33. The Morgan fingerprint density at radius 3 is 3.00 bits per heavy atom. The van der Waals surface area contributed by atoms with Gasteiger partial charge in [0.15, 0.2) is 0 Å². The molecule has 1 amide bonds. The van der Waals surface area contributed by atoms with Gasteiger partial charge in [-0.3, -0.25) is 9.78 Å². The summed E-state index contributed by atoms with van der Waals surface area (Å²) in [6, 6.07) is 1.65. The van der Waals surface area contributed by atoms with E-state index in [1.807, 2.05) is 4.90 Å². The van der Waals surface area contributed by atoms with Crippen LogP contribution in [0.15, 0.2) is 18.5 Å². The molecule has 1 aliphatic rings. The summed E-state index contributed by atoms with van der Waals surface area (Å²) in [5, 5.41) is 0.560. The fourth-order valence-corrected chi connectivity index (χ4v) is 2.40. The maximum absolute atomic E-state index is 12.2. The van der Waals surface area contributed by atoms with Gasteiger partial charge in [-0.15, -0.1) is 11.6 Å². The Kier molecular flexibility index (Phi) is 3.89. The Bertz CT molecular complexity index is 425. The molecule has 1 fully saturated rings. The molecule has 2 heterocycles. The van der Waals surface area contributed by atoms with Gasteiger partial charge in [-0.05, 0) is 18.4 Å². The number of hydrogen-bond donors (Lipinski definition) is 0. The molecule has 0 radical (unpaired) electrons. The number of rotatable bonds is 1. The lowest BCUT2D eigenvalue weighted by molar-refractivity contribution is 0.0687. The predicted octanol–water partition coefficient (Wildman–Crippen LogP) is 2.82. The Labute approximate surface area is 111 Å². The first-order valence-electron chi connectivity index (χ1n) is 5.62. The lowest BCUT2D eigenvalue weighted by Crippen LogP contribution is -2.43. The van der Waals surface area contributed by atoms with Gasteiger partial charge >= 0.3 is 0 Å². The van der Waals surface area contributed by atoms with Gasteiger partial charge in [0.1, 0.15) is 0 Å². The molecular formula is C12H14Cl2N2O. The standard InChI is InChI=1S/C12H14Cl2N2O/c1-8-7-16(5-3-10(8)13)12(17)9-2-4-15-6-11(9)14/h2,4,6,8,10H,3,5,7H2,1H3. The zero-order valence-corrected chi connectivity index (χ0v) is 11.1. The van der Waals surface area contributed by atoms with Crippen LogP contribution >= 0.6 is 23.2 Å². The summed E-state index contributed by atoms with van der Waals surface area (Å²) >= 11 is 12.1. The molecular weight excluding hydrogens is 259 g/mol. The summed E-state index contributed by atoms with van der Waals surface area (Å²) in [5.41, 5.74) is 0.516. The topological polar surface area (TPSA) is 33.2 Å². The number of carbonyl (C=O) groups is 1. The van der Waals surface area contributed by atoms with Crippen LogP contribution in [0.2, 0.25) is 5.02 Å². The zero-order chi connectivity index (χ0) is 12.4. The number of carbonyl (C=O) groups excluding carboxylic acids is 1. The first kappa shape index (κ1) is 12.7. The van der Waals surface area contributed by atoms with Crippen LogP contribution < -0.4 is 0 Å². The molecule has 0 bridgehead atoms. The first-order chi connectivity index (χ1) is 8.09. The van der Waals surface area contributed by atoms with E-state index in [4.69, 9.17) is 23.2 Å². The van der Waals surface area contributed by atoms with Gasteiger partial charge in [0, 0.05) is 30.9 Å². The minimum absolute atomic E-state index is 0.0344. The van der Waals surface area contributed by atoms with E-state index >= 15 is 0 Å². The number of nitrogens with zero attached hydrogens (tertiary/aromatic N) is 2. The molecule has 1 aromatic heterocycles. The maximum atomic E-state index is 12.2. The average molecular weight is 273 g/mol. The van der Waals surface area contributed by atoms with E-state index in [1.165, 1.54) is 6.20 Å². The molecule has 0 spiro atoms. The normalized spacial score (nSPS) is 24.8. The molecule has 3 nitrogen and oxygen atoms in total. The van der Waals surface area contributed by atoms with Gasteiger partial charge < -0.3 is 4.90 Å². The third kappa shape index (κ3) is 2.72. The molecule has 0 aliphatic carbocycles. The van der Waals surface area contributed by atoms with Crippen molar-refractivity contribution < 1.29 is 4.79 Å². The smallest absolute Gasteiger partial charge is 0.255 e. The Balaban J connectivity index is 2.14. The Morgan fingerprint density at radius 2 is 2.35 bits per heavy atom. The van der Waals surface area contributed by atoms with Crippen molar-refractivity contribution in [1.82, 2.24) is 9.88 Å². The number of likely N-dealkylation sites (tertiary alicyclic amines) is 1. The van der Waals surface area contributed by atoms with Crippen LogP contribution in [-0.2, 0) is 0 Å². The third-order valence-corrected chi connectivity index (χ3v) is 4.04. The molecule has 2 unspecified atom stereocenters. The number of pyridine rings is 1. The van der Waals surface area contributed by atoms with Crippen molar-refractivity contribution in [3.05, 3.63) is 29.0 Å². The van der Waals surface area contributed by atoms with Crippen molar-refractivity contribution in [3.63, 3.8) is 0 Å². The Hall–Kier alpha value is -0.800. The van der Waals surface area contributed by atoms with Crippen LogP contribution in [0.4, 0.5) is 0 Å². The van der Waals surface area contributed by atoms with Crippen molar-refractivity contribution >= 4 is 29.1 Å². The largest absolute Gasteiger partial charge is 0.338 e. The minimum Gasteiger partial charge on any atom is -0.338 e. The maximum Gasteiger partial charge on any atom is 0.255 e. The number of amides is 1. The second kappa shape index (κ2) is 5.23. The SMILES string of the molecule is CC1CN(C(=O)c2ccncc2Cl)CCC1Cl. The van der Waals surface area contributed by atoms with E-state index in [9.17, 15) is 4.79 Å².